The van der Waals surface area contributed by atoms with Gasteiger partial charge in [-0.15, -0.1) is 0 Å². The van der Waals surface area contributed by atoms with Crippen molar-refractivity contribution >= 4 is 23.4 Å². The van der Waals surface area contributed by atoms with Crippen LogP contribution in [0.2, 0.25) is 0 Å². The van der Waals surface area contributed by atoms with Crippen molar-refractivity contribution in [2.75, 3.05) is 5.73 Å². The van der Waals surface area contributed by atoms with Crippen LogP contribution in [0.15, 0.2) is 42.5 Å². The highest BCUT2D eigenvalue weighted by Crippen LogP contribution is 2.36. The second-order valence-electron chi connectivity index (χ2n) is 8.31. The van der Waals surface area contributed by atoms with Gasteiger partial charge in [0.05, 0.1) is 11.4 Å². The molecule has 3 heterocycles. The monoisotopic (exact) mass is 429 g/mol. The fraction of sp³-hybridized carbons (Fsp3) is 0.250. The van der Waals surface area contributed by atoms with Gasteiger partial charge in [0.2, 0.25) is 11.8 Å². The molecule has 1 saturated heterocycles. The molecular formula is C24H23N5O3. The summed E-state index contributed by atoms with van der Waals surface area (Å²) >= 11 is 0. The fourth-order valence-electron chi connectivity index (χ4n) is 4.55. The Hall–Kier alpha value is -3.94. The summed E-state index contributed by atoms with van der Waals surface area (Å²) in [6.45, 7) is 2.27. The summed E-state index contributed by atoms with van der Waals surface area (Å²) in [6, 6.07) is 12.7. The molecular weight excluding hydrogens is 406 g/mol. The third-order valence-electron chi connectivity index (χ3n) is 6.28. The molecule has 3 aromatic rings. The highest BCUT2D eigenvalue weighted by Gasteiger charge is 2.39. The molecule has 0 radical (unpaired) electrons. The Morgan fingerprint density at radius 2 is 1.91 bits per heavy atom. The molecule has 32 heavy (non-hydrogen) atoms. The van der Waals surface area contributed by atoms with E-state index in [4.69, 9.17) is 10.7 Å². The van der Waals surface area contributed by atoms with Crippen molar-refractivity contribution in [2.24, 2.45) is 7.05 Å². The van der Waals surface area contributed by atoms with Crippen LogP contribution in [0.1, 0.15) is 34.6 Å². The van der Waals surface area contributed by atoms with Crippen LogP contribution in [0, 0.1) is 6.92 Å². The summed E-state index contributed by atoms with van der Waals surface area (Å²) in [5, 5.41) is 2.34. The Bertz CT molecular complexity index is 1290. The second kappa shape index (κ2) is 7.33. The lowest BCUT2D eigenvalue weighted by Gasteiger charge is -2.29. The van der Waals surface area contributed by atoms with E-state index >= 15 is 0 Å². The van der Waals surface area contributed by atoms with Crippen molar-refractivity contribution < 1.29 is 14.4 Å². The van der Waals surface area contributed by atoms with Crippen molar-refractivity contribution in [3.05, 3.63) is 59.4 Å². The average molecular weight is 429 g/mol. The lowest BCUT2D eigenvalue weighted by Crippen LogP contribution is -2.52. The van der Waals surface area contributed by atoms with E-state index in [0.29, 0.717) is 24.2 Å². The molecule has 2 aliphatic rings. The Labute approximate surface area is 185 Å². The van der Waals surface area contributed by atoms with E-state index in [1.807, 2.05) is 54.9 Å². The van der Waals surface area contributed by atoms with Crippen LogP contribution in [0.25, 0.3) is 22.5 Å². The van der Waals surface area contributed by atoms with Gasteiger partial charge < -0.3 is 15.2 Å². The quantitative estimate of drug-likeness (QED) is 0.491. The van der Waals surface area contributed by atoms with E-state index in [1.165, 1.54) is 0 Å². The normalized spacial score (nSPS) is 18.1. The number of nitrogens with one attached hydrogen (secondary N) is 1. The molecule has 8 heteroatoms. The van der Waals surface area contributed by atoms with Crippen LogP contribution in [-0.2, 0) is 23.2 Å². The zero-order valence-electron chi connectivity index (χ0n) is 17.9. The minimum atomic E-state index is -0.629. The van der Waals surface area contributed by atoms with Gasteiger partial charge in [0, 0.05) is 42.4 Å². The molecule has 162 valence electrons. The van der Waals surface area contributed by atoms with Gasteiger partial charge in [0.1, 0.15) is 11.9 Å². The second-order valence-corrected chi connectivity index (χ2v) is 8.31. The number of nitrogens with zero attached hydrogens (tertiary/aromatic N) is 3. The van der Waals surface area contributed by atoms with Gasteiger partial charge in [-0.2, -0.15) is 0 Å². The summed E-state index contributed by atoms with van der Waals surface area (Å²) in [5.41, 5.74) is 11.7. The van der Waals surface area contributed by atoms with Gasteiger partial charge >= 0.3 is 0 Å². The van der Waals surface area contributed by atoms with Crippen LogP contribution >= 0.6 is 0 Å². The average Bonchev–Trinajstić information content (AvgIpc) is 3.24. The highest BCUT2D eigenvalue weighted by atomic mass is 16.2. The van der Waals surface area contributed by atoms with Gasteiger partial charge in [-0.25, -0.2) is 4.98 Å². The van der Waals surface area contributed by atoms with Crippen LogP contribution < -0.4 is 11.1 Å². The number of imide groups is 1. The Kier molecular flexibility index (Phi) is 4.58. The Balaban J connectivity index is 1.52. The maximum atomic E-state index is 13.0. The predicted molar refractivity (Wildman–Crippen MR) is 119 cm³/mol. The van der Waals surface area contributed by atoms with Gasteiger partial charge in [0.25, 0.3) is 5.91 Å². The number of aryl methyl sites for hydroxylation is 1. The number of carbonyl (C=O) groups excluding carboxylic acids is 3. The number of nitrogens with two attached hydrogens (primary N) is 1. The van der Waals surface area contributed by atoms with E-state index in [2.05, 4.69) is 5.32 Å². The first-order valence-corrected chi connectivity index (χ1v) is 10.5. The van der Waals surface area contributed by atoms with Gasteiger partial charge in [-0.3, -0.25) is 19.7 Å². The smallest absolute Gasteiger partial charge is 0.255 e. The van der Waals surface area contributed by atoms with Crippen molar-refractivity contribution in [2.45, 2.75) is 32.4 Å². The first kappa shape index (κ1) is 20.0. The van der Waals surface area contributed by atoms with E-state index in [-0.39, 0.29) is 18.2 Å². The molecule has 0 saturated carbocycles. The van der Waals surface area contributed by atoms with Crippen molar-refractivity contribution in [1.29, 1.82) is 0 Å². The zero-order valence-corrected chi connectivity index (χ0v) is 17.9. The number of amides is 3. The molecule has 2 aliphatic heterocycles. The van der Waals surface area contributed by atoms with Crippen molar-refractivity contribution in [3.8, 4) is 22.5 Å². The van der Waals surface area contributed by atoms with Crippen LogP contribution in [0.3, 0.4) is 0 Å². The molecule has 1 fully saturated rings. The van der Waals surface area contributed by atoms with Gasteiger partial charge in [0.15, 0.2) is 0 Å². The Morgan fingerprint density at radius 1 is 1.09 bits per heavy atom. The first-order valence-electron chi connectivity index (χ1n) is 10.5. The maximum Gasteiger partial charge on any atom is 0.255 e. The molecule has 0 spiro atoms. The molecule has 3 amide bonds. The summed E-state index contributed by atoms with van der Waals surface area (Å²) in [4.78, 5) is 43.1. The number of imidazole rings is 1. The zero-order chi connectivity index (χ0) is 22.6. The lowest BCUT2D eigenvalue weighted by atomic mass is 10.0. The number of aromatic nitrogens is 2. The number of benzene rings is 2. The van der Waals surface area contributed by atoms with Crippen molar-refractivity contribution in [3.63, 3.8) is 0 Å². The lowest BCUT2D eigenvalue weighted by molar-refractivity contribution is -0.136. The largest absolute Gasteiger partial charge is 0.399 e. The number of carbonyl (C=O) groups is 3. The number of piperidine rings is 1. The van der Waals surface area contributed by atoms with Crippen LogP contribution in [-0.4, -0.2) is 38.2 Å². The van der Waals surface area contributed by atoms with E-state index < -0.39 is 11.9 Å². The summed E-state index contributed by atoms with van der Waals surface area (Å²) in [7, 11) is 1.96. The fourth-order valence-corrected chi connectivity index (χ4v) is 4.55. The molecule has 8 nitrogen and oxygen atoms in total. The SMILES string of the molecule is Cc1nc(-c2ccc3c(c2)CN(C2CCC(=O)NC2=O)C3=O)c(-c2cccc(N)c2)n1C. The third kappa shape index (κ3) is 3.15. The molecule has 1 atom stereocenters. The standard InChI is InChI=1S/C24H23N5O3/c1-13-26-21(22(28(13)2)15-4-3-5-17(25)11-15)14-6-7-18-16(10-14)12-29(24(18)32)19-8-9-20(30)27-23(19)31/h3-7,10-11,19H,8-9,12,25H2,1-2H3,(H,27,30,31). The van der Waals surface area contributed by atoms with E-state index in [0.717, 1.165) is 33.9 Å². The van der Waals surface area contributed by atoms with Crippen molar-refractivity contribution in [1.82, 2.24) is 19.8 Å². The molecule has 0 aliphatic carbocycles. The summed E-state index contributed by atoms with van der Waals surface area (Å²) in [5.74, 6) is -0.0299. The molecule has 0 bridgehead atoms. The van der Waals surface area contributed by atoms with Crippen LogP contribution in [0.5, 0.6) is 0 Å². The maximum absolute atomic E-state index is 13.0. The van der Waals surface area contributed by atoms with Crippen LogP contribution in [0.4, 0.5) is 5.69 Å². The number of hydrogen-bond donors (Lipinski definition) is 2. The Morgan fingerprint density at radius 3 is 2.66 bits per heavy atom. The number of nitrogen functional groups attached to an aromatic ring is 1. The number of rotatable bonds is 3. The van der Waals surface area contributed by atoms with E-state index in [9.17, 15) is 14.4 Å². The number of fused-ring (bicyclic) bond motifs is 1. The molecule has 3 N–H and O–H groups in total. The molecule has 5 rings (SSSR count). The number of hydrogen-bond acceptors (Lipinski definition) is 5. The third-order valence-corrected chi connectivity index (χ3v) is 6.28. The minimum absolute atomic E-state index is 0.186. The summed E-state index contributed by atoms with van der Waals surface area (Å²) < 4.78 is 2.03. The number of anilines is 1. The van der Waals surface area contributed by atoms with Gasteiger partial charge in [-0.05, 0) is 43.2 Å². The minimum Gasteiger partial charge on any atom is -0.399 e. The molecule has 1 unspecified atom stereocenters. The molecule has 1 aromatic heterocycles. The topological polar surface area (TPSA) is 110 Å². The highest BCUT2D eigenvalue weighted by molar-refractivity contribution is 6.05. The van der Waals surface area contributed by atoms with Gasteiger partial charge in [-0.1, -0.05) is 18.2 Å². The van der Waals surface area contributed by atoms with E-state index in [1.54, 1.807) is 11.0 Å². The predicted octanol–water partition coefficient (Wildman–Crippen LogP) is 2.41. The first-order chi connectivity index (χ1) is 15.3. The molecule has 2 aromatic carbocycles. The summed E-state index contributed by atoms with van der Waals surface area (Å²) in [6.07, 6.45) is 0.578.